The fraction of sp³-hybridized carbons (Fsp3) is 0.263. The molecule has 13 heteroatoms. The van der Waals surface area contributed by atoms with E-state index in [0.29, 0.717) is 16.4 Å². The van der Waals surface area contributed by atoms with Crippen molar-refractivity contribution in [2.75, 3.05) is 5.32 Å². The minimum absolute atomic E-state index is 0.0935. The van der Waals surface area contributed by atoms with E-state index >= 15 is 0 Å². The van der Waals surface area contributed by atoms with Crippen LogP contribution in [0.1, 0.15) is 45.7 Å². The molecule has 1 aliphatic rings. The van der Waals surface area contributed by atoms with Crippen molar-refractivity contribution in [2.45, 2.75) is 37.1 Å². The zero-order chi connectivity index (χ0) is 24.2. The molecule has 3 rings (SSSR count). The lowest BCUT2D eigenvalue weighted by atomic mass is 10.1. The number of hydrogen-bond acceptors (Lipinski definition) is 4. The third-order valence-electron chi connectivity index (χ3n) is 4.53. The number of benzene rings is 2. The van der Waals surface area contributed by atoms with Gasteiger partial charge in [-0.05, 0) is 50.2 Å². The molecular weight excluding hydrogens is 466 g/mol. The molecule has 0 spiro atoms. The van der Waals surface area contributed by atoms with Crippen LogP contribution < -0.4 is 5.32 Å². The first kappa shape index (κ1) is 23.6. The molecule has 0 aliphatic carbocycles. The van der Waals surface area contributed by atoms with Gasteiger partial charge in [0.2, 0.25) is 0 Å². The van der Waals surface area contributed by atoms with E-state index in [1.807, 2.05) is 5.32 Å². The summed E-state index contributed by atoms with van der Waals surface area (Å²) in [6.45, 7) is 2.92. The van der Waals surface area contributed by atoms with Crippen molar-refractivity contribution in [3.63, 3.8) is 0 Å². The predicted molar refractivity (Wildman–Crippen MR) is 99.3 cm³/mol. The Labute approximate surface area is 177 Å². The molecule has 2 aromatic carbocycles. The summed E-state index contributed by atoms with van der Waals surface area (Å²) in [5.74, 6) is -1.97. The van der Waals surface area contributed by atoms with Gasteiger partial charge < -0.3 is 5.32 Å². The van der Waals surface area contributed by atoms with Crippen molar-refractivity contribution in [2.24, 2.45) is 0 Å². The Morgan fingerprint density at radius 2 is 1.47 bits per heavy atom. The number of sulfonamides is 1. The highest BCUT2D eigenvalue weighted by atomic mass is 32.2. The Bertz CT molecular complexity index is 1190. The highest BCUT2D eigenvalue weighted by Gasteiger charge is 2.43. The quantitative estimate of drug-likeness (QED) is 0.655. The van der Waals surface area contributed by atoms with Crippen molar-refractivity contribution in [3.8, 4) is 0 Å². The van der Waals surface area contributed by atoms with Gasteiger partial charge in [-0.1, -0.05) is 0 Å². The fourth-order valence-corrected chi connectivity index (χ4v) is 4.92. The van der Waals surface area contributed by atoms with E-state index in [9.17, 15) is 44.3 Å². The van der Waals surface area contributed by atoms with Gasteiger partial charge in [-0.25, -0.2) is 12.7 Å². The van der Waals surface area contributed by atoms with Crippen LogP contribution in [-0.4, -0.2) is 30.6 Å². The summed E-state index contributed by atoms with van der Waals surface area (Å²) in [4.78, 5) is 24.3. The SMILES string of the molecule is CC(C)N1C(=O)c2ccc(C(=O)Nc3cc(C(F)(F)F)cc(C(F)(F)F)c3)cc2S1(=O)=O. The monoisotopic (exact) mass is 480 g/mol. The number of nitrogens with one attached hydrogen (secondary N) is 1. The molecule has 0 fully saturated rings. The third kappa shape index (κ3) is 4.16. The van der Waals surface area contributed by atoms with E-state index in [-0.39, 0.29) is 17.2 Å². The van der Waals surface area contributed by atoms with Gasteiger partial charge in [-0.2, -0.15) is 26.3 Å². The molecule has 32 heavy (non-hydrogen) atoms. The Balaban J connectivity index is 2.00. The number of hydrogen-bond donors (Lipinski definition) is 1. The Morgan fingerprint density at radius 3 is 1.94 bits per heavy atom. The van der Waals surface area contributed by atoms with Crippen LogP contribution >= 0.6 is 0 Å². The van der Waals surface area contributed by atoms with Crippen LogP contribution in [0.5, 0.6) is 0 Å². The molecule has 1 N–H and O–H groups in total. The first-order chi connectivity index (χ1) is 14.5. The molecular formula is C19H14F6N2O4S. The van der Waals surface area contributed by atoms with Gasteiger partial charge in [-0.3, -0.25) is 9.59 Å². The molecule has 0 bridgehead atoms. The molecule has 172 valence electrons. The van der Waals surface area contributed by atoms with Gasteiger partial charge in [0.1, 0.15) is 4.90 Å². The van der Waals surface area contributed by atoms with Crippen LogP contribution in [0.25, 0.3) is 0 Å². The average molecular weight is 480 g/mol. The van der Waals surface area contributed by atoms with E-state index in [0.717, 1.165) is 18.2 Å². The summed E-state index contributed by atoms with van der Waals surface area (Å²) in [6, 6.07) is 2.77. The number of carbonyl (C=O) groups is 2. The van der Waals surface area contributed by atoms with Crippen molar-refractivity contribution in [3.05, 3.63) is 58.7 Å². The number of carbonyl (C=O) groups excluding carboxylic acids is 2. The van der Waals surface area contributed by atoms with Gasteiger partial charge in [0.05, 0.1) is 16.7 Å². The first-order valence-corrected chi connectivity index (χ1v) is 10.3. The van der Waals surface area contributed by atoms with Gasteiger partial charge >= 0.3 is 12.4 Å². The van der Waals surface area contributed by atoms with Gasteiger partial charge in [0, 0.05) is 17.3 Å². The summed E-state index contributed by atoms with van der Waals surface area (Å²) in [6.07, 6.45) is -10.2. The molecule has 1 heterocycles. The maximum absolute atomic E-state index is 13.0. The minimum Gasteiger partial charge on any atom is -0.322 e. The summed E-state index contributed by atoms with van der Waals surface area (Å²) in [5.41, 5.74) is -4.62. The topological polar surface area (TPSA) is 83.6 Å². The Hall–Kier alpha value is -3.09. The van der Waals surface area contributed by atoms with E-state index in [1.165, 1.54) is 13.8 Å². The van der Waals surface area contributed by atoms with Gasteiger partial charge in [0.15, 0.2) is 0 Å². The molecule has 6 nitrogen and oxygen atoms in total. The molecule has 0 unspecified atom stereocenters. The van der Waals surface area contributed by atoms with Crippen LogP contribution in [0.3, 0.4) is 0 Å². The van der Waals surface area contributed by atoms with Gasteiger partial charge in [0.25, 0.3) is 21.8 Å². The number of nitrogens with zero attached hydrogens (tertiary/aromatic N) is 1. The van der Waals surface area contributed by atoms with Gasteiger partial charge in [-0.15, -0.1) is 0 Å². The Kier molecular flexibility index (Phi) is 5.52. The second kappa shape index (κ2) is 7.50. The number of amides is 2. The number of fused-ring (bicyclic) bond motifs is 1. The lowest BCUT2D eigenvalue weighted by Gasteiger charge is -2.18. The van der Waals surface area contributed by atoms with E-state index in [2.05, 4.69) is 0 Å². The van der Waals surface area contributed by atoms with Crippen molar-refractivity contribution in [1.29, 1.82) is 0 Å². The van der Waals surface area contributed by atoms with E-state index < -0.39 is 61.9 Å². The minimum atomic E-state index is -5.11. The standard InChI is InChI=1S/C19H14F6N2O4S/c1-9(2)27-17(29)14-4-3-10(5-15(14)32(27,30)31)16(28)26-13-7-11(18(20,21)22)6-12(8-13)19(23,24)25/h3-9H,1-2H3,(H,26,28). The lowest BCUT2D eigenvalue weighted by molar-refractivity contribution is -0.143. The highest BCUT2D eigenvalue weighted by molar-refractivity contribution is 7.90. The summed E-state index contributed by atoms with van der Waals surface area (Å²) < 4.78 is 104. The van der Waals surface area contributed by atoms with Crippen LogP contribution in [0, 0.1) is 0 Å². The zero-order valence-electron chi connectivity index (χ0n) is 16.3. The maximum Gasteiger partial charge on any atom is 0.416 e. The van der Waals surface area contributed by atoms with E-state index in [1.54, 1.807) is 0 Å². The first-order valence-electron chi connectivity index (χ1n) is 8.87. The molecule has 0 saturated heterocycles. The second-order valence-electron chi connectivity index (χ2n) is 7.16. The number of halogens is 6. The number of rotatable bonds is 3. The smallest absolute Gasteiger partial charge is 0.322 e. The molecule has 0 atom stereocenters. The largest absolute Gasteiger partial charge is 0.416 e. The van der Waals surface area contributed by atoms with Crippen molar-refractivity contribution in [1.82, 2.24) is 4.31 Å². The highest BCUT2D eigenvalue weighted by Crippen LogP contribution is 2.38. The summed E-state index contributed by atoms with van der Waals surface area (Å²) in [5, 5.41) is 1.91. The normalized spacial score (nSPS) is 15.8. The molecule has 2 aromatic rings. The van der Waals surface area contributed by atoms with Crippen LogP contribution in [0.4, 0.5) is 32.0 Å². The average Bonchev–Trinajstić information content (AvgIpc) is 2.85. The van der Waals surface area contributed by atoms with E-state index in [4.69, 9.17) is 0 Å². The van der Waals surface area contributed by atoms with Crippen molar-refractivity contribution < 1.29 is 44.3 Å². The third-order valence-corrected chi connectivity index (χ3v) is 6.52. The van der Waals surface area contributed by atoms with Crippen LogP contribution in [0.15, 0.2) is 41.3 Å². The second-order valence-corrected chi connectivity index (χ2v) is 8.94. The Morgan fingerprint density at radius 1 is 0.938 bits per heavy atom. The summed E-state index contributed by atoms with van der Waals surface area (Å²) >= 11 is 0. The molecule has 0 saturated carbocycles. The predicted octanol–water partition coefficient (Wildman–Crippen LogP) is 4.53. The molecule has 0 aromatic heterocycles. The lowest BCUT2D eigenvalue weighted by Crippen LogP contribution is -2.36. The van der Waals surface area contributed by atoms with Crippen LogP contribution in [-0.2, 0) is 22.4 Å². The summed E-state index contributed by atoms with van der Waals surface area (Å²) in [7, 11) is -4.27. The molecule has 2 amide bonds. The number of anilines is 1. The van der Waals surface area contributed by atoms with Crippen LogP contribution in [0.2, 0.25) is 0 Å². The number of alkyl halides is 6. The maximum atomic E-state index is 13.0. The molecule has 0 radical (unpaired) electrons. The molecule has 1 aliphatic heterocycles. The fourth-order valence-electron chi connectivity index (χ4n) is 3.13. The zero-order valence-corrected chi connectivity index (χ0v) is 17.1. The van der Waals surface area contributed by atoms with Crippen molar-refractivity contribution >= 4 is 27.5 Å².